The first-order chi connectivity index (χ1) is 19.3. The number of aromatic carboxylic acids is 1. The van der Waals surface area contributed by atoms with E-state index >= 15 is 0 Å². The minimum absolute atomic E-state index is 0.191. The van der Waals surface area contributed by atoms with Crippen molar-refractivity contribution in [3.8, 4) is 17.0 Å². The lowest BCUT2D eigenvalue weighted by atomic mass is 9.86. The van der Waals surface area contributed by atoms with Crippen LogP contribution in [0.1, 0.15) is 57.1 Å². The van der Waals surface area contributed by atoms with Gasteiger partial charge in [-0.2, -0.15) is 0 Å². The summed E-state index contributed by atoms with van der Waals surface area (Å²) < 4.78 is 18.0. The second kappa shape index (κ2) is 10.7. The molecule has 0 amide bonds. The summed E-state index contributed by atoms with van der Waals surface area (Å²) in [5.74, 6) is 1.53. The van der Waals surface area contributed by atoms with E-state index in [0.29, 0.717) is 42.2 Å². The van der Waals surface area contributed by atoms with E-state index in [9.17, 15) is 9.90 Å². The molecule has 2 aliphatic rings. The lowest BCUT2D eigenvalue weighted by Crippen LogP contribution is -2.60. The second-order valence-electron chi connectivity index (χ2n) is 10.5. The summed E-state index contributed by atoms with van der Waals surface area (Å²) in [4.78, 5) is 17.6. The number of rotatable bonds is 9. The van der Waals surface area contributed by atoms with Crippen LogP contribution in [0.3, 0.4) is 0 Å². The van der Waals surface area contributed by atoms with Crippen LogP contribution in [0.15, 0.2) is 59.3 Å². The van der Waals surface area contributed by atoms with Gasteiger partial charge in [-0.25, -0.2) is 9.78 Å². The average Bonchev–Trinajstić information content (AvgIpc) is 3.68. The van der Waals surface area contributed by atoms with Crippen LogP contribution in [0.5, 0.6) is 5.75 Å². The van der Waals surface area contributed by atoms with E-state index in [1.165, 1.54) is 12.3 Å². The third-order valence-electron chi connectivity index (χ3n) is 7.66. The first kappa shape index (κ1) is 27.0. The molecule has 1 aliphatic heterocycles. The number of benzene rings is 2. The summed E-state index contributed by atoms with van der Waals surface area (Å²) in [7, 11) is 0. The van der Waals surface area contributed by atoms with Crippen LogP contribution >= 0.6 is 34.6 Å². The molecule has 1 aliphatic carbocycles. The molecule has 40 heavy (non-hydrogen) atoms. The van der Waals surface area contributed by atoms with Gasteiger partial charge in [0.15, 0.2) is 0 Å². The van der Waals surface area contributed by atoms with Crippen molar-refractivity contribution in [2.75, 3.05) is 18.0 Å². The maximum Gasteiger partial charge on any atom is 0.335 e. The van der Waals surface area contributed by atoms with Gasteiger partial charge < -0.3 is 22.3 Å². The van der Waals surface area contributed by atoms with Crippen LogP contribution in [-0.2, 0) is 15.3 Å². The molecule has 1 N–H and O–H groups in total. The Balaban J connectivity index is 1.21. The summed E-state index contributed by atoms with van der Waals surface area (Å²) in [5, 5.41) is 14.3. The Labute approximate surface area is 250 Å². The largest absolute Gasteiger partial charge is 0.489 e. The van der Waals surface area contributed by atoms with Crippen molar-refractivity contribution >= 4 is 46.4 Å². The number of carbonyl (C=O) groups is 1. The molecule has 8 nitrogen and oxygen atoms in total. The number of pyridine rings is 1. The van der Waals surface area contributed by atoms with E-state index in [1.54, 1.807) is 6.07 Å². The summed E-state index contributed by atoms with van der Waals surface area (Å²) in [6, 6.07) is 14.9. The monoisotopic (exact) mass is 671 g/mol. The van der Waals surface area contributed by atoms with Crippen LogP contribution in [-0.4, -0.2) is 34.3 Å². The second-order valence-corrected chi connectivity index (χ2v) is 11.3. The Bertz CT molecular complexity index is 1580. The molecule has 2 fully saturated rings. The molecule has 10 heteroatoms. The number of carboxylic acid groups (broad SMARTS) is 1. The molecule has 0 bridgehead atoms. The summed E-state index contributed by atoms with van der Waals surface area (Å²) in [5.41, 5.74) is 5.58. The molecule has 4 aromatic rings. The van der Waals surface area contributed by atoms with E-state index in [4.69, 9.17) is 23.9 Å². The maximum absolute atomic E-state index is 11.4. The smallest absolute Gasteiger partial charge is 0.335 e. The van der Waals surface area contributed by atoms with Crippen LogP contribution in [0.4, 0.5) is 5.82 Å². The maximum atomic E-state index is 11.4. The third-order valence-corrected chi connectivity index (χ3v) is 8.81. The Hall–Kier alpha value is -3.15. The number of halogens is 2. The van der Waals surface area contributed by atoms with Gasteiger partial charge in [0, 0.05) is 23.2 Å². The highest BCUT2D eigenvalue weighted by molar-refractivity contribution is 14.1. The zero-order valence-electron chi connectivity index (χ0n) is 22.0. The molecule has 2 aromatic heterocycles. The van der Waals surface area contributed by atoms with E-state index in [2.05, 4.69) is 36.1 Å². The number of anilines is 1. The van der Waals surface area contributed by atoms with Gasteiger partial charge in [-0.15, -0.1) is 0 Å². The highest BCUT2D eigenvalue weighted by atomic mass is 127. The molecule has 6 rings (SSSR count). The molecule has 0 unspecified atom stereocenters. The Morgan fingerprint density at radius 1 is 1.18 bits per heavy atom. The van der Waals surface area contributed by atoms with E-state index < -0.39 is 11.6 Å². The topological polar surface area (TPSA) is 97.9 Å². The van der Waals surface area contributed by atoms with Gasteiger partial charge >= 0.3 is 5.97 Å². The normalized spacial score (nSPS) is 16.1. The summed E-state index contributed by atoms with van der Waals surface area (Å²) in [6.07, 6.45) is 3.69. The number of carboxylic acids is 1. The molecule has 3 heterocycles. The zero-order chi connectivity index (χ0) is 28.0. The van der Waals surface area contributed by atoms with Crippen LogP contribution in [0.25, 0.3) is 11.3 Å². The molecule has 0 spiro atoms. The first-order valence-corrected chi connectivity index (χ1v) is 14.3. The standard InChI is InChI=1S/C30H27ClIN3O5/c1-17-4-3-5-18(2)26(17)27-22(28(39-34-27)19-6-7-19)14-38-21-8-9-23(24(31)13-21)30(40-32)15-35(16-30)25-12-20(29(36)37)10-11-33-25/h3-5,8-13,19H,6-7,14-16H2,1-2H3,(H,36,37). The van der Waals surface area contributed by atoms with Gasteiger partial charge in [-0.3, -0.25) is 0 Å². The Morgan fingerprint density at radius 2 is 1.93 bits per heavy atom. The van der Waals surface area contributed by atoms with Crippen LogP contribution in [0.2, 0.25) is 5.02 Å². The van der Waals surface area contributed by atoms with Gasteiger partial charge in [0.05, 0.1) is 29.2 Å². The predicted molar refractivity (Wildman–Crippen MR) is 159 cm³/mol. The van der Waals surface area contributed by atoms with Crippen molar-refractivity contribution in [2.45, 2.75) is 44.8 Å². The van der Waals surface area contributed by atoms with Gasteiger partial charge in [-0.1, -0.05) is 41.0 Å². The van der Waals surface area contributed by atoms with Gasteiger partial charge in [0.2, 0.25) is 0 Å². The van der Waals surface area contributed by atoms with E-state index in [1.807, 2.05) is 52.2 Å². The highest BCUT2D eigenvalue weighted by Crippen LogP contribution is 2.46. The van der Waals surface area contributed by atoms with Crippen molar-refractivity contribution in [3.05, 3.63) is 93.3 Å². The van der Waals surface area contributed by atoms with Crippen molar-refractivity contribution in [3.63, 3.8) is 0 Å². The molecule has 1 saturated carbocycles. The first-order valence-electron chi connectivity index (χ1n) is 13.0. The minimum atomic E-state index is -0.990. The predicted octanol–water partition coefficient (Wildman–Crippen LogP) is 7.24. The van der Waals surface area contributed by atoms with Gasteiger partial charge in [0.1, 0.15) is 58.2 Å². The number of aromatic nitrogens is 2. The lowest BCUT2D eigenvalue weighted by molar-refractivity contribution is 0.0696. The van der Waals surface area contributed by atoms with Gasteiger partial charge in [-0.05, 0) is 62.1 Å². The fraction of sp³-hybridized carbons (Fsp3) is 0.300. The lowest BCUT2D eigenvalue weighted by Gasteiger charge is -2.49. The SMILES string of the molecule is Cc1cccc(C)c1-c1noc(C2CC2)c1COc1ccc(C2(OI)CN(c3cc(C(=O)O)ccn3)C2)c(Cl)c1. The summed E-state index contributed by atoms with van der Waals surface area (Å²) >= 11 is 8.68. The van der Waals surface area contributed by atoms with Crippen molar-refractivity contribution < 1.29 is 22.2 Å². The molecular weight excluding hydrogens is 645 g/mol. The summed E-state index contributed by atoms with van der Waals surface area (Å²) in [6.45, 7) is 5.46. The molecule has 0 radical (unpaired) electrons. The molecule has 2 aromatic carbocycles. The van der Waals surface area contributed by atoms with Crippen LogP contribution < -0.4 is 9.64 Å². The highest BCUT2D eigenvalue weighted by Gasteiger charge is 2.47. The quantitative estimate of drug-likeness (QED) is 0.186. The minimum Gasteiger partial charge on any atom is -0.489 e. The Kier molecular flexibility index (Phi) is 7.22. The molecular formula is C30H27ClIN3O5. The number of nitrogens with zero attached hydrogens (tertiary/aromatic N) is 3. The fourth-order valence-corrected chi connectivity index (χ4v) is 6.20. The van der Waals surface area contributed by atoms with Crippen molar-refractivity contribution in [1.82, 2.24) is 10.1 Å². The molecule has 206 valence electrons. The average molecular weight is 672 g/mol. The third kappa shape index (κ3) is 4.95. The van der Waals surface area contributed by atoms with E-state index in [0.717, 1.165) is 52.1 Å². The van der Waals surface area contributed by atoms with E-state index in [-0.39, 0.29) is 5.56 Å². The zero-order valence-corrected chi connectivity index (χ0v) is 24.9. The van der Waals surface area contributed by atoms with Crippen LogP contribution in [0, 0.1) is 13.8 Å². The van der Waals surface area contributed by atoms with Crippen molar-refractivity contribution in [2.24, 2.45) is 0 Å². The van der Waals surface area contributed by atoms with Crippen molar-refractivity contribution in [1.29, 1.82) is 0 Å². The number of ether oxygens (including phenoxy) is 1. The number of aryl methyl sites for hydroxylation is 2. The molecule has 0 atom stereocenters. The van der Waals surface area contributed by atoms with Gasteiger partial charge in [0.25, 0.3) is 0 Å². The Morgan fingerprint density at radius 3 is 2.58 bits per heavy atom. The fourth-order valence-electron chi connectivity index (χ4n) is 5.34. The molecule has 1 saturated heterocycles. The number of hydrogen-bond acceptors (Lipinski definition) is 7. The number of hydrogen-bond donors (Lipinski definition) is 1.